The number of benzene rings is 1. The molecule has 2 N–H and O–H groups in total. The summed E-state index contributed by atoms with van der Waals surface area (Å²) in [6, 6.07) is 1.93. The maximum Gasteiger partial charge on any atom is 0.304 e. The van der Waals surface area contributed by atoms with E-state index in [1.165, 1.54) is 0 Å². The predicted molar refractivity (Wildman–Crippen MR) is 73.0 cm³/mol. The topological polar surface area (TPSA) is 67.8 Å². The monoisotopic (exact) mass is 267 g/mol. The average molecular weight is 267 g/mol. The molecule has 0 saturated carbocycles. The first-order valence-corrected chi connectivity index (χ1v) is 6.14. The molecular formula is C14H21NO4. The molecule has 19 heavy (non-hydrogen) atoms. The Balaban J connectivity index is 2.86. The molecule has 0 unspecified atom stereocenters. The molecule has 1 aromatic carbocycles. The predicted octanol–water partition coefficient (Wildman–Crippen LogP) is 1.88. The van der Waals surface area contributed by atoms with E-state index in [0.717, 1.165) is 28.2 Å². The van der Waals surface area contributed by atoms with Gasteiger partial charge in [-0.05, 0) is 31.0 Å². The number of methoxy groups -OCH3 is 2. The Hall–Kier alpha value is -1.75. The summed E-state index contributed by atoms with van der Waals surface area (Å²) in [5, 5.41) is 11.7. The molecule has 0 aliphatic rings. The summed E-state index contributed by atoms with van der Waals surface area (Å²) in [7, 11) is 3.27. The highest BCUT2D eigenvalue weighted by Gasteiger charge is 2.13. The van der Waals surface area contributed by atoms with Gasteiger partial charge in [0.05, 0.1) is 20.6 Å². The zero-order valence-electron chi connectivity index (χ0n) is 11.9. The molecule has 0 aromatic heterocycles. The number of aliphatic carboxylic acids is 1. The lowest BCUT2D eigenvalue weighted by Gasteiger charge is -2.17. The first-order chi connectivity index (χ1) is 9.01. The lowest BCUT2D eigenvalue weighted by atomic mass is 10.0. The van der Waals surface area contributed by atoms with Gasteiger partial charge in [0.2, 0.25) is 0 Å². The summed E-state index contributed by atoms with van der Waals surface area (Å²) >= 11 is 0. The van der Waals surface area contributed by atoms with Crippen LogP contribution in [-0.2, 0) is 11.3 Å². The number of carboxylic acid groups (broad SMARTS) is 1. The molecule has 0 amide bonds. The Kier molecular flexibility index (Phi) is 5.63. The third kappa shape index (κ3) is 3.86. The second-order valence-electron chi connectivity index (χ2n) is 4.34. The van der Waals surface area contributed by atoms with Crippen LogP contribution in [0.1, 0.15) is 23.1 Å². The molecule has 0 saturated heterocycles. The van der Waals surface area contributed by atoms with Gasteiger partial charge in [-0.2, -0.15) is 0 Å². The first kappa shape index (κ1) is 15.3. The van der Waals surface area contributed by atoms with Crippen molar-refractivity contribution in [2.75, 3.05) is 20.8 Å². The van der Waals surface area contributed by atoms with Crippen LogP contribution in [0.3, 0.4) is 0 Å². The summed E-state index contributed by atoms with van der Waals surface area (Å²) in [4.78, 5) is 10.4. The Morgan fingerprint density at radius 3 is 2.47 bits per heavy atom. The zero-order chi connectivity index (χ0) is 14.4. The molecule has 0 spiro atoms. The maximum absolute atomic E-state index is 10.4. The Bertz CT molecular complexity index is 457. The molecule has 0 atom stereocenters. The van der Waals surface area contributed by atoms with Gasteiger partial charge in [-0.15, -0.1) is 0 Å². The number of carboxylic acids is 1. The van der Waals surface area contributed by atoms with E-state index in [-0.39, 0.29) is 6.42 Å². The lowest BCUT2D eigenvalue weighted by molar-refractivity contribution is -0.136. The van der Waals surface area contributed by atoms with E-state index in [9.17, 15) is 4.79 Å². The quantitative estimate of drug-likeness (QED) is 0.738. The van der Waals surface area contributed by atoms with Crippen LogP contribution in [0.4, 0.5) is 0 Å². The highest BCUT2D eigenvalue weighted by atomic mass is 16.5. The number of rotatable bonds is 7. The van der Waals surface area contributed by atoms with Crippen LogP contribution in [-0.4, -0.2) is 31.8 Å². The van der Waals surface area contributed by atoms with E-state index in [1.807, 2.05) is 19.9 Å². The number of hydrogen-bond acceptors (Lipinski definition) is 4. The summed E-state index contributed by atoms with van der Waals surface area (Å²) in [6.07, 6.45) is 0.101. The maximum atomic E-state index is 10.4. The molecule has 5 heteroatoms. The molecule has 0 fully saturated rings. The van der Waals surface area contributed by atoms with Crippen molar-refractivity contribution in [3.8, 4) is 11.5 Å². The fourth-order valence-electron chi connectivity index (χ4n) is 1.97. The van der Waals surface area contributed by atoms with E-state index in [1.54, 1.807) is 14.2 Å². The summed E-state index contributed by atoms with van der Waals surface area (Å²) in [6.45, 7) is 4.94. The van der Waals surface area contributed by atoms with Crippen molar-refractivity contribution in [1.29, 1.82) is 0 Å². The minimum atomic E-state index is -0.808. The molecule has 0 heterocycles. The Labute approximate surface area is 113 Å². The molecule has 5 nitrogen and oxygen atoms in total. The Morgan fingerprint density at radius 2 is 1.95 bits per heavy atom. The highest BCUT2D eigenvalue weighted by Crippen LogP contribution is 2.33. The summed E-state index contributed by atoms with van der Waals surface area (Å²) in [5.74, 6) is 0.826. The van der Waals surface area contributed by atoms with Crippen molar-refractivity contribution in [3.63, 3.8) is 0 Å². The second kappa shape index (κ2) is 6.99. The van der Waals surface area contributed by atoms with E-state index in [0.29, 0.717) is 13.1 Å². The average Bonchev–Trinajstić information content (AvgIpc) is 2.38. The van der Waals surface area contributed by atoms with Crippen molar-refractivity contribution in [3.05, 3.63) is 22.8 Å². The van der Waals surface area contributed by atoms with E-state index in [4.69, 9.17) is 14.6 Å². The van der Waals surface area contributed by atoms with Crippen LogP contribution in [0.2, 0.25) is 0 Å². The molecule has 106 valence electrons. The van der Waals surface area contributed by atoms with Crippen LogP contribution in [0, 0.1) is 13.8 Å². The van der Waals surface area contributed by atoms with Gasteiger partial charge in [-0.3, -0.25) is 4.79 Å². The van der Waals surface area contributed by atoms with Gasteiger partial charge >= 0.3 is 5.97 Å². The second-order valence-corrected chi connectivity index (χ2v) is 4.34. The number of ether oxygens (including phenoxy) is 2. The molecule has 0 bridgehead atoms. The highest BCUT2D eigenvalue weighted by molar-refractivity contribution is 5.66. The van der Waals surface area contributed by atoms with Gasteiger partial charge in [0.15, 0.2) is 0 Å². The molecule has 1 aromatic rings. The summed E-state index contributed by atoms with van der Waals surface area (Å²) in [5.41, 5.74) is 3.05. The van der Waals surface area contributed by atoms with E-state index >= 15 is 0 Å². The number of carbonyl (C=O) groups is 1. The van der Waals surface area contributed by atoms with Gasteiger partial charge in [0.25, 0.3) is 0 Å². The van der Waals surface area contributed by atoms with Crippen molar-refractivity contribution in [2.45, 2.75) is 26.8 Å². The van der Waals surface area contributed by atoms with Gasteiger partial charge in [0, 0.05) is 18.7 Å². The van der Waals surface area contributed by atoms with Crippen LogP contribution >= 0.6 is 0 Å². The number of nitrogens with one attached hydrogen (secondary N) is 1. The lowest BCUT2D eigenvalue weighted by Crippen LogP contribution is -2.18. The van der Waals surface area contributed by atoms with Crippen LogP contribution in [0.15, 0.2) is 6.07 Å². The van der Waals surface area contributed by atoms with Crippen molar-refractivity contribution >= 4 is 5.97 Å². The van der Waals surface area contributed by atoms with Crippen LogP contribution in [0.25, 0.3) is 0 Å². The Morgan fingerprint density at radius 1 is 1.26 bits per heavy atom. The van der Waals surface area contributed by atoms with Gasteiger partial charge in [-0.1, -0.05) is 0 Å². The van der Waals surface area contributed by atoms with Gasteiger partial charge in [0.1, 0.15) is 11.5 Å². The fraction of sp³-hybridized carbons (Fsp3) is 0.500. The third-order valence-corrected chi connectivity index (χ3v) is 3.12. The third-order valence-electron chi connectivity index (χ3n) is 3.12. The SMILES string of the molecule is COc1cc(CNCCC(=O)O)c(OC)c(C)c1C. The molecule has 0 aliphatic carbocycles. The van der Waals surface area contributed by atoms with Gasteiger partial charge < -0.3 is 19.9 Å². The fourth-order valence-corrected chi connectivity index (χ4v) is 1.97. The zero-order valence-corrected chi connectivity index (χ0v) is 11.9. The van der Waals surface area contributed by atoms with Crippen LogP contribution in [0.5, 0.6) is 11.5 Å². The minimum Gasteiger partial charge on any atom is -0.496 e. The molecule has 0 radical (unpaired) electrons. The number of hydrogen-bond donors (Lipinski definition) is 2. The molecular weight excluding hydrogens is 246 g/mol. The minimum absolute atomic E-state index is 0.101. The molecule has 0 aliphatic heterocycles. The van der Waals surface area contributed by atoms with Crippen molar-refractivity contribution < 1.29 is 19.4 Å². The summed E-state index contributed by atoms with van der Waals surface area (Å²) < 4.78 is 10.8. The normalized spacial score (nSPS) is 10.3. The van der Waals surface area contributed by atoms with Crippen molar-refractivity contribution in [1.82, 2.24) is 5.32 Å². The smallest absolute Gasteiger partial charge is 0.304 e. The van der Waals surface area contributed by atoms with Crippen LogP contribution < -0.4 is 14.8 Å². The van der Waals surface area contributed by atoms with E-state index < -0.39 is 5.97 Å². The standard InChI is InChI=1S/C14H21NO4/c1-9-10(2)14(19-4)11(7-12(9)18-3)8-15-6-5-13(16)17/h7,15H,5-6,8H2,1-4H3,(H,16,17). The first-order valence-electron chi connectivity index (χ1n) is 6.14. The molecule has 1 rings (SSSR count). The van der Waals surface area contributed by atoms with E-state index in [2.05, 4.69) is 5.32 Å². The largest absolute Gasteiger partial charge is 0.496 e. The van der Waals surface area contributed by atoms with Gasteiger partial charge in [-0.25, -0.2) is 0 Å². The van der Waals surface area contributed by atoms with Crippen molar-refractivity contribution in [2.24, 2.45) is 0 Å².